The van der Waals surface area contributed by atoms with Crippen molar-refractivity contribution in [2.75, 3.05) is 27.2 Å². The van der Waals surface area contributed by atoms with Gasteiger partial charge in [-0.2, -0.15) is 0 Å². The van der Waals surface area contributed by atoms with Gasteiger partial charge in [0.25, 0.3) is 0 Å². The van der Waals surface area contributed by atoms with Crippen molar-refractivity contribution in [1.82, 2.24) is 5.32 Å². The molecule has 0 aromatic heterocycles. The number of nitrogens with one attached hydrogen (secondary N) is 1. The average Bonchev–Trinajstić information content (AvgIpc) is 2.63. The average molecular weight is 401 g/mol. The zero-order chi connectivity index (χ0) is 21.1. The van der Waals surface area contributed by atoms with Crippen molar-refractivity contribution < 1.29 is 14.5 Å². The van der Waals surface area contributed by atoms with E-state index in [1.807, 2.05) is 0 Å². The number of quaternary nitrogens is 1. The number of unbranched alkanes of at least 4 members (excludes halogenated alkanes) is 10. The first kappa shape index (κ1) is 27.4. The third kappa shape index (κ3) is 21.6. The fraction of sp³-hybridized carbons (Fsp3) is 0.957. The molecule has 168 valence electrons. The molecule has 1 unspecified atom stereocenters. The summed E-state index contributed by atoms with van der Waals surface area (Å²) in [5, 5.41) is 24.3. The number of hydrogen-bond donors (Lipinski definition) is 2. The molecule has 0 saturated carbocycles. The number of rotatable bonds is 20. The fourth-order valence-corrected chi connectivity index (χ4v) is 3.45. The first-order valence-corrected chi connectivity index (χ1v) is 11.8. The van der Waals surface area contributed by atoms with E-state index >= 15 is 0 Å². The normalized spacial score (nSPS) is 12.9. The molecule has 0 aliphatic heterocycles. The van der Waals surface area contributed by atoms with Crippen molar-refractivity contribution in [1.29, 1.82) is 0 Å². The Labute approximate surface area is 174 Å². The van der Waals surface area contributed by atoms with Crippen LogP contribution in [0.5, 0.6) is 0 Å². The molecule has 5 heteroatoms. The number of hydroxylamine groups is 3. The molecule has 5 nitrogen and oxygen atoms in total. The number of carbonyl (C=O) groups excluding carboxylic acids is 1. The van der Waals surface area contributed by atoms with E-state index in [0.717, 1.165) is 38.5 Å². The van der Waals surface area contributed by atoms with Gasteiger partial charge in [0.15, 0.2) is 0 Å². The zero-order valence-electron chi connectivity index (χ0n) is 19.0. The van der Waals surface area contributed by atoms with Crippen LogP contribution in [-0.2, 0) is 4.79 Å². The minimum atomic E-state index is -0.296. The summed E-state index contributed by atoms with van der Waals surface area (Å²) in [6.45, 7) is 3.36. The summed E-state index contributed by atoms with van der Waals surface area (Å²) in [5.41, 5.74) is 0. The highest BCUT2D eigenvalue weighted by molar-refractivity contribution is 5.75. The maximum Gasteiger partial charge on any atom is 0.219 e. The van der Waals surface area contributed by atoms with Gasteiger partial charge in [-0.05, 0) is 19.3 Å². The molecule has 2 N–H and O–H groups in total. The monoisotopic (exact) mass is 400 g/mol. The molecule has 28 heavy (non-hydrogen) atoms. The zero-order valence-corrected chi connectivity index (χ0v) is 19.0. The second-order valence-corrected chi connectivity index (χ2v) is 8.87. The molecule has 0 saturated heterocycles. The van der Waals surface area contributed by atoms with Crippen molar-refractivity contribution in [3.63, 3.8) is 0 Å². The van der Waals surface area contributed by atoms with Crippen LogP contribution in [0.4, 0.5) is 0 Å². The standard InChI is InChI=1S/C23H48N2O3/c1-4-5-6-13-17-22(26)18-14-11-9-7-8-10-12-15-19-23(27)24-20-16-21-25(2,3)28/h22,26H,4-21H2,1-3H3,(H,24,27). The molecule has 0 bridgehead atoms. The minimum Gasteiger partial charge on any atom is -0.633 e. The summed E-state index contributed by atoms with van der Waals surface area (Å²) in [4.78, 5) is 11.7. The highest BCUT2D eigenvalue weighted by atomic mass is 16.5. The lowest BCUT2D eigenvalue weighted by atomic mass is 10.0. The lowest BCUT2D eigenvalue weighted by Gasteiger charge is -2.33. The number of aliphatic hydroxyl groups excluding tert-OH is 1. The van der Waals surface area contributed by atoms with E-state index in [9.17, 15) is 15.1 Å². The Bertz CT molecular complexity index is 356. The lowest BCUT2D eigenvalue weighted by molar-refractivity contribution is -0.840. The van der Waals surface area contributed by atoms with Crippen LogP contribution in [0.2, 0.25) is 0 Å². The molecule has 0 aromatic rings. The van der Waals surface area contributed by atoms with Crippen LogP contribution in [0.25, 0.3) is 0 Å². The Hall–Kier alpha value is -0.650. The van der Waals surface area contributed by atoms with Crippen LogP contribution >= 0.6 is 0 Å². The fourth-order valence-electron chi connectivity index (χ4n) is 3.45. The van der Waals surface area contributed by atoms with Gasteiger partial charge in [0.05, 0.1) is 26.7 Å². The topological polar surface area (TPSA) is 72.4 Å². The Kier molecular flexibility index (Phi) is 18.0. The van der Waals surface area contributed by atoms with Gasteiger partial charge in [0, 0.05) is 19.4 Å². The minimum absolute atomic E-state index is 0.0890. The predicted octanol–water partition coefficient (Wildman–Crippen LogP) is 5.30. The summed E-state index contributed by atoms with van der Waals surface area (Å²) >= 11 is 0. The maximum atomic E-state index is 11.7. The Morgan fingerprint density at radius 3 is 1.89 bits per heavy atom. The first-order chi connectivity index (χ1) is 13.3. The van der Waals surface area contributed by atoms with Gasteiger partial charge in [-0.3, -0.25) is 4.79 Å². The quantitative estimate of drug-likeness (QED) is 0.165. The Balaban J connectivity index is 3.27. The van der Waals surface area contributed by atoms with Crippen LogP contribution < -0.4 is 5.32 Å². The lowest BCUT2D eigenvalue weighted by Crippen LogP contribution is -2.35. The third-order valence-electron chi connectivity index (χ3n) is 5.28. The summed E-state index contributed by atoms with van der Waals surface area (Å²) in [6.07, 6.45) is 17.6. The van der Waals surface area contributed by atoms with Crippen LogP contribution in [0.1, 0.15) is 110 Å². The SMILES string of the molecule is CCCCCCC(O)CCCCCCCCCCC(=O)NCCC[N+](C)(C)[O-]. The van der Waals surface area contributed by atoms with Crippen molar-refractivity contribution in [3.05, 3.63) is 5.21 Å². The molecule has 0 aromatic carbocycles. The largest absolute Gasteiger partial charge is 0.633 e. The van der Waals surface area contributed by atoms with Crippen LogP contribution in [0.3, 0.4) is 0 Å². The molecular formula is C23H48N2O3. The Morgan fingerprint density at radius 2 is 1.36 bits per heavy atom. The Morgan fingerprint density at radius 1 is 0.857 bits per heavy atom. The summed E-state index contributed by atoms with van der Waals surface area (Å²) in [5.74, 6) is 0.115. The van der Waals surface area contributed by atoms with Gasteiger partial charge in [-0.15, -0.1) is 0 Å². The van der Waals surface area contributed by atoms with Gasteiger partial charge in [-0.1, -0.05) is 77.6 Å². The van der Waals surface area contributed by atoms with Crippen LogP contribution in [0.15, 0.2) is 0 Å². The third-order valence-corrected chi connectivity index (χ3v) is 5.28. The number of amides is 1. The predicted molar refractivity (Wildman–Crippen MR) is 119 cm³/mol. The number of hydrogen-bond acceptors (Lipinski definition) is 3. The molecular weight excluding hydrogens is 352 g/mol. The van der Waals surface area contributed by atoms with Crippen LogP contribution in [-0.4, -0.2) is 48.9 Å². The van der Waals surface area contributed by atoms with Gasteiger partial charge in [0.2, 0.25) is 5.91 Å². The highest BCUT2D eigenvalue weighted by Gasteiger charge is 2.05. The second kappa shape index (κ2) is 18.4. The molecule has 0 spiro atoms. The van der Waals surface area contributed by atoms with E-state index in [-0.39, 0.29) is 16.7 Å². The van der Waals surface area contributed by atoms with Crippen molar-refractivity contribution in [2.45, 2.75) is 116 Å². The van der Waals surface area contributed by atoms with Gasteiger partial charge in [-0.25, -0.2) is 0 Å². The first-order valence-electron chi connectivity index (χ1n) is 11.8. The molecule has 0 rings (SSSR count). The van der Waals surface area contributed by atoms with E-state index < -0.39 is 0 Å². The molecule has 1 amide bonds. The van der Waals surface area contributed by atoms with E-state index in [1.165, 1.54) is 57.8 Å². The molecule has 0 heterocycles. The van der Waals surface area contributed by atoms with E-state index in [1.54, 1.807) is 14.1 Å². The summed E-state index contributed by atoms with van der Waals surface area (Å²) < 4.78 is -0.296. The number of nitrogens with zero attached hydrogens (tertiary/aromatic N) is 1. The number of aliphatic hydroxyl groups is 1. The highest BCUT2D eigenvalue weighted by Crippen LogP contribution is 2.14. The van der Waals surface area contributed by atoms with Crippen LogP contribution in [0, 0.1) is 5.21 Å². The summed E-state index contributed by atoms with van der Waals surface area (Å²) in [7, 11) is 3.25. The summed E-state index contributed by atoms with van der Waals surface area (Å²) in [6, 6.07) is 0. The second-order valence-electron chi connectivity index (χ2n) is 8.87. The smallest absolute Gasteiger partial charge is 0.219 e. The maximum absolute atomic E-state index is 11.7. The van der Waals surface area contributed by atoms with Gasteiger partial charge < -0.3 is 20.3 Å². The van der Waals surface area contributed by atoms with E-state index in [4.69, 9.17) is 0 Å². The van der Waals surface area contributed by atoms with Crippen molar-refractivity contribution in [3.8, 4) is 0 Å². The van der Waals surface area contributed by atoms with Gasteiger partial charge >= 0.3 is 0 Å². The van der Waals surface area contributed by atoms with Crippen molar-refractivity contribution >= 4 is 5.91 Å². The molecule has 0 aliphatic carbocycles. The van der Waals surface area contributed by atoms with E-state index in [0.29, 0.717) is 19.5 Å². The number of carbonyl (C=O) groups is 1. The molecule has 0 fully saturated rings. The molecule has 0 radical (unpaired) electrons. The van der Waals surface area contributed by atoms with Crippen molar-refractivity contribution in [2.24, 2.45) is 0 Å². The molecule has 0 aliphatic rings. The van der Waals surface area contributed by atoms with E-state index in [2.05, 4.69) is 12.2 Å². The van der Waals surface area contributed by atoms with Gasteiger partial charge in [0.1, 0.15) is 0 Å². The molecule has 1 atom stereocenters.